The van der Waals surface area contributed by atoms with Crippen LogP contribution >= 0.6 is 0 Å². The Bertz CT molecular complexity index is 274. The van der Waals surface area contributed by atoms with E-state index in [0.29, 0.717) is 31.1 Å². The molecule has 1 unspecified atom stereocenters. The van der Waals surface area contributed by atoms with Crippen LogP contribution in [0, 0.1) is 11.3 Å². The Labute approximate surface area is 96.2 Å². The van der Waals surface area contributed by atoms with Crippen LogP contribution in [0.5, 0.6) is 0 Å². The Balaban J connectivity index is 2.64. The maximum Gasteiger partial charge on any atom is 0.215 e. The zero-order valence-electron chi connectivity index (χ0n) is 9.94. The molecule has 0 amide bonds. The predicted octanol–water partition coefficient (Wildman–Crippen LogP) is -0.0585. The molecule has 0 aromatic heterocycles. The smallest absolute Gasteiger partial charge is 0.215 e. The predicted molar refractivity (Wildman–Crippen MR) is 64.3 cm³/mol. The first-order valence-electron chi connectivity index (χ1n) is 5.50. The molecule has 0 aromatic rings. The summed E-state index contributed by atoms with van der Waals surface area (Å²) >= 11 is 0. The van der Waals surface area contributed by atoms with Crippen LogP contribution in [-0.2, 0) is 4.74 Å². The van der Waals surface area contributed by atoms with E-state index < -0.39 is 0 Å². The molecule has 1 aliphatic carbocycles. The zero-order valence-corrected chi connectivity index (χ0v) is 9.94. The monoisotopic (exact) mass is 227 g/mol. The van der Waals surface area contributed by atoms with Crippen LogP contribution in [0.25, 0.3) is 0 Å². The van der Waals surface area contributed by atoms with Crippen LogP contribution in [0.4, 0.5) is 0 Å². The molecule has 0 bridgehead atoms. The van der Waals surface area contributed by atoms with E-state index in [2.05, 4.69) is 11.9 Å². The van der Waals surface area contributed by atoms with E-state index in [9.17, 15) is 0 Å². The van der Waals surface area contributed by atoms with Gasteiger partial charge in [0.05, 0.1) is 6.61 Å². The van der Waals surface area contributed by atoms with Crippen LogP contribution in [0.3, 0.4) is 0 Å². The van der Waals surface area contributed by atoms with E-state index in [4.69, 9.17) is 21.6 Å². The Kier molecular flexibility index (Phi) is 4.54. The lowest BCUT2D eigenvalue weighted by Crippen LogP contribution is -2.46. The molecule has 0 aromatic carbocycles. The maximum atomic E-state index is 7.11. The second-order valence-electron chi connectivity index (χ2n) is 4.12. The highest BCUT2D eigenvalue weighted by Gasteiger charge is 2.32. The minimum absolute atomic E-state index is 0.261. The van der Waals surface area contributed by atoms with Gasteiger partial charge in [0, 0.05) is 19.7 Å². The third-order valence-corrected chi connectivity index (χ3v) is 2.86. The number of rotatable bonds is 5. The van der Waals surface area contributed by atoms with E-state index in [0.717, 1.165) is 0 Å². The van der Waals surface area contributed by atoms with E-state index in [1.54, 1.807) is 7.11 Å². The number of nitrogens with two attached hydrogens (primary N) is 2. The van der Waals surface area contributed by atoms with E-state index >= 15 is 0 Å². The fourth-order valence-corrected chi connectivity index (χ4v) is 1.74. The molecule has 0 radical (unpaired) electrons. The first-order valence-corrected chi connectivity index (χ1v) is 5.50. The van der Waals surface area contributed by atoms with Crippen molar-refractivity contribution in [2.24, 2.45) is 22.4 Å². The lowest BCUT2D eigenvalue weighted by atomic mass is 10.2. The van der Waals surface area contributed by atoms with Crippen molar-refractivity contribution in [1.82, 2.24) is 4.90 Å². The molecular weight excluding hydrogens is 206 g/mol. The van der Waals surface area contributed by atoms with Crippen molar-refractivity contribution in [3.8, 4) is 0 Å². The first kappa shape index (κ1) is 12.8. The van der Waals surface area contributed by atoms with Gasteiger partial charge in [-0.1, -0.05) is 0 Å². The SMILES string of the molecule is COCCN(/C(N)=N/C(=N)N)C(C)C1CC1. The summed E-state index contributed by atoms with van der Waals surface area (Å²) in [7, 11) is 1.65. The standard InChI is InChI=1S/C10H21N5O/c1-7(8-3-4-8)15(5-6-16-2)10(13)14-9(11)12/h7-8H,3-6H2,1-2H3,(H5,11,12,13,14). The third kappa shape index (κ3) is 3.69. The number of nitrogens with one attached hydrogen (secondary N) is 1. The molecule has 1 aliphatic rings. The molecule has 1 saturated carbocycles. The van der Waals surface area contributed by atoms with Gasteiger partial charge in [-0.25, -0.2) is 0 Å². The number of aliphatic imine (C=N–C) groups is 1. The maximum absolute atomic E-state index is 7.11. The highest BCUT2D eigenvalue weighted by Crippen LogP contribution is 2.34. The number of methoxy groups -OCH3 is 1. The summed E-state index contributed by atoms with van der Waals surface area (Å²) in [6.07, 6.45) is 2.47. The van der Waals surface area contributed by atoms with Gasteiger partial charge in [0.1, 0.15) is 0 Å². The van der Waals surface area contributed by atoms with Crippen LogP contribution in [-0.4, -0.2) is 43.1 Å². The molecule has 0 heterocycles. The van der Waals surface area contributed by atoms with Crippen molar-refractivity contribution in [3.05, 3.63) is 0 Å². The van der Waals surface area contributed by atoms with Gasteiger partial charge in [0.25, 0.3) is 0 Å². The van der Waals surface area contributed by atoms with E-state index in [1.165, 1.54) is 12.8 Å². The van der Waals surface area contributed by atoms with Gasteiger partial charge in [0.2, 0.25) is 5.96 Å². The topological polar surface area (TPSA) is 101 Å². The van der Waals surface area contributed by atoms with E-state index in [-0.39, 0.29) is 5.96 Å². The zero-order chi connectivity index (χ0) is 12.1. The van der Waals surface area contributed by atoms with Gasteiger partial charge in [-0.2, -0.15) is 4.99 Å². The largest absolute Gasteiger partial charge is 0.383 e. The molecule has 1 rings (SSSR count). The summed E-state index contributed by atoms with van der Waals surface area (Å²) < 4.78 is 5.04. The molecule has 1 atom stereocenters. The molecule has 92 valence electrons. The Morgan fingerprint density at radius 2 is 2.19 bits per heavy atom. The molecule has 1 fully saturated rings. The second-order valence-corrected chi connectivity index (χ2v) is 4.12. The second kappa shape index (κ2) is 5.69. The Morgan fingerprint density at radius 3 is 2.62 bits per heavy atom. The van der Waals surface area contributed by atoms with Crippen molar-refractivity contribution in [3.63, 3.8) is 0 Å². The summed E-state index contributed by atoms with van der Waals surface area (Å²) in [6, 6.07) is 0.332. The van der Waals surface area contributed by atoms with Crippen molar-refractivity contribution in [2.75, 3.05) is 20.3 Å². The number of ether oxygens (including phenoxy) is 1. The van der Waals surface area contributed by atoms with Gasteiger partial charge in [0.15, 0.2) is 5.96 Å². The number of hydrogen-bond acceptors (Lipinski definition) is 2. The first-order chi connectivity index (χ1) is 7.56. The van der Waals surface area contributed by atoms with Gasteiger partial charge < -0.3 is 21.1 Å². The molecule has 5 N–H and O–H groups in total. The van der Waals surface area contributed by atoms with Crippen LogP contribution < -0.4 is 11.5 Å². The van der Waals surface area contributed by atoms with Crippen LogP contribution in [0.1, 0.15) is 19.8 Å². The van der Waals surface area contributed by atoms with Crippen molar-refractivity contribution < 1.29 is 4.74 Å². The molecule has 0 saturated heterocycles. The summed E-state index contributed by atoms with van der Waals surface area (Å²) in [5.74, 6) is 0.726. The van der Waals surface area contributed by atoms with Crippen LogP contribution in [0.2, 0.25) is 0 Å². The third-order valence-electron chi connectivity index (χ3n) is 2.86. The number of guanidine groups is 2. The molecule has 6 heteroatoms. The fraction of sp³-hybridized carbons (Fsp3) is 0.800. The normalized spacial score (nSPS) is 18.2. The minimum atomic E-state index is -0.261. The molecule has 6 nitrogen and oxygen atoms in total. The van der Waals surface area contributed by atoms with Crippen molar-refractivity contribution >= 4 is 11.9 Å². The van der Waals surface area contributed by atoms with Gasteiger partial charge in [-0.3, -0.25) is 5.41 Å². The molecule has 0 spiro atoms. The summed E-state index contributed by atoms with van der Waals surface area (Å²) in [5, 5.41) is 7.11. The van der Waals surface area contributed by atoms with Crippen molar-refractivity contribution in [2.45, 2.75) is 25.8 Å². The fourth-order valence-electron chi connectivity index (χ4n) is 1.74. The van der Waals surface area contributed by atoms with E-state index in [1.807, 2.05) is 4.90 Å². The highest BCUT2D eigenvalue weighted by molar-refractivity contribution is 5.91. The number of hydrogen-bond donors (Lipinski definition) is 3. The van der Waals surface area contributed by atoms with Crippen LogP contribution in [0.15, 0.2) is 4.99 Å². The average Bonchev–Trinajstić information content (AvgIpc) is 2.99. The lowest BCUT2D eigenvalue weighted by Gasteiger charge is -2.29. The summed E-state index contributed by atoms with van der Waals surface area (Å²) in [6.45, 7) is 3.39. The highest BCUT2D eigenvalue weighted by atomic mass is 16.5. The average molecular weight is 227 g/mol. The summed E-state index contributed by atoms with van der Waals surface area (Å²) in [4.78, 5) is 5.75. The molecule has 0 aliphatic heterocycles. The lowest BCUT2D eigenvalue weighted by molar-refractivity contribution is 0.159. The van der Waals surface area contributed by atoms with Gasteiger partial charge in [-0.05, 0) is 25.7 Å². The Morgan fingerprint density at radius 1 is 1.56 bits per heavy atom. The van der Waals surface area contributed by atoms with Gasteiger partial charge >= 0.3 is 0 Å². The molecular formula is C10H21N5O. The number of nitrogens with zero attached hydrogens (tertiary/aromatic N) is 2. The van der Waals surface area contributed by atoms with Gasteiger partial charge in [-0.15, -0.1) is 0 Å². The minimum Gasteiger partial charge on any atom is -0.383 e. The quantitative estimate of drug-likeness (QED) is 0.452. The Hall–Kier alpha value is -1.30. The van der Waals surface area contributed by atoms with Crippen molar-refractivity contribution in [1.29, 1.82) is 5.41 Å². The summed E-state index contributed by atoms with van der Waals surface area (Å²) in [5.41, 5.74) is 11.0. The molecule has 16 heavy (non-hydrogen) atoms.